The summed E-state index contributed by atoms with van der Waals surface area (Å²) in [5.41, 5.74) is 1.24. The van der Waals surface area contributed by atoms with Gasteiger partial charge in [0.05, 0.1) is 0 Å². The van der Waals surface area contributed by atoms with Crippen molar-refractivity contribution in [2.75, 3.05) is 5.32 Å². The molecule has 1 aromatic carbocycles. The summed E-state index contributed by atoms with van der Waals surface area (Å²) in [6.45, 7) is 1.51. The van der Waals surface area contributed by atoms with Crippen molar-refractivity contribution in [1.29, 1.82) is 0 Å². The molecule has 2 aliphatic carbocycles. The van der Waals surface area contributed by atoms with E-state index in [9.17, 15) is 14.4 Å². The normalized spacial score (nSPS) is 27.3. The molecule has 0 saturated heterocycles. The number of Topliss-reactive ketones (excluding diaryl/α,β-unsaturated/α-hetero) is 2. The van der Waals surface area contributed by atoms with Crippen molar-refractivity contribution in [2.45, 2.75) is 39.0 Å². The van der Waals surface area contributed by atoms with Crippen molar-refractivity contribution < 1.29 is 14.4 Å². The first kappa shape index (κ1) is 14.9. The van der Waals surface area contributed by atoms with Crippen LogP contribution in [0.25, 0.3) is 0 Å². The van der Waals surface area contributed by atoms with Crippen LogP contribution in [0.1, 0.15) is 49.4 Å². The van der Waals surface area contributed by atoms with Crippen LogP contribution < -0.4 is 5.32 Å². The lowest BCUT2D eigenvalue weighted by Gasteiger charge is -2.36. The molecule has 1 aromatic rings. The Bertz CT molecular complexity index is 607. The lowest BCUT2D eigenvalue weighted by atomic mass is 9.67. The first-order chi connectivity index (χ1) is 10.5. The zero-order chi connectivity index (χ0) is 15.7. The average Bonchev–Trinajstić information content (AvgIpc) is 2.47. The van der Waals surface area contributed by atoms with Crippen molar-refractivity contribution in [1.82, 2.24) is 0 Å². The molecule has 2 atom stereocenters. The van der Waals surface area contributed by atoms with Gasteiger partial charge in [0.15, 0.2) is 5.78 Å². The fourth-order valence-corrected chi connectivity index (χ4v) is 3.75. The summed E-state index contributed by atoms with van der Waals surface area (Å²) < 4.78 is 0. The van der Waals surface area contributed by atoms with Gasteiger partial charge in [0.25, 0.3) is 0 Å². The van der Waals surface area contributed by atoms with Gasteiger partial charge in [-0.25, -0.2) is 0 Å². The van der Waals surface area contributed by atoms with E-state index in [2.05, 4.69) is 5.32 Å². The van der Waals surface area contributed by atoms with Crippen LogP contribution in [0.5, 0.6) is 0 Å². The molecule has 116 valence electrons. The van der Waals surface area contributed by atoms with E-state index in [1.54, 1.807) is 24.3 Å². The van der Waals surface area contributed by atoms with Gasteiger partial charge in [0.2, 0.25) is 5.91 Å². The van der Waals surface area contributed by atoms with Crippen LogP contribution in [-0.2, 0) is 9.59 Å². The number of anilines is 1. The smallest absolute Gasteiger partial charge is 0.227 e. The summed E-state index contributed by atoms with van der Waals surface area (Å²) >= 11 is 0. The number of amides is 1. The first-order valence-corrected chi connectivity index (χ1v) is 8.00. The third-order valence-corrected chi connectivity index (χ3v) is 4.96. The van der Waals surface area contributed by atoms with Gasteiger partial charge in [-0.15, -0.1) is 0 Å². The monoisotopic (exact) mass is 299 g/mol. The summed E-state index contributed by atoms with van der Waals surface area (Å²) in [7, 11) is 0. The second-order valence-electron chi connectivity index (χ2n) is 6.52. The van der Waals surface area contributed by atoms with Crippen LogP contribution in [0.4, 0.5) is 5.69 Å². The molecule has 0 heterocycles. The van der Waals surface area contributed by atoms with Crippen LogP contribution >= 0.6 is 0 Å². The molecule has 2 aliphatic rings. The van der Waals surface area contributed by atoms with E-state index in [1.807, 2.05) is 0 Å². The summed E-state index contributed by atoms with van der Waals surface area (Å²) in [6.07, 6.45) is 4.31. The number of nitrogens with one attached hydrogen (secondary N) is 1. The second-order valence-corrected chi connectivity index (χ2v) is 6.52. The van der Waals surface area contributed by atoms with Crippen LogP contribution in [0.2, 0.25) is 0 Å². The minimum atomic E-state index is -0.0889. The highest BCUT2D eigenvalue weighted by Gasteiger charge is 2.41. The van der Waals surface area contributed by atoms with E-state index >= 15 is 0 Å². The van der Waals surface area contributed by atoms with Crippen LogP contribution in [0.3, 0.4) is 0 Å². The molecule has 0 aliphatic heterocycles. The number of carbonyl (C=O) groups excluding carboxylic acids is 3. The molecular weight excluding hydrogens is 278 g/mol. The maximum atomic E-state index is 12.5. The highest BCUT2D eigenvalue weighted by Crippen LogP contribution is 2.40. The van der Waals surface area contributed by atoms with Gasteiger partial charge in [0.1, 0.15) is 5.78 Å². The van der Waals surface area contributed by atoms with Crippen molar-refractivity contribution in [3.8, 4) is 0 Å². The molecule has 22 heavy (non-hydrogen) atoms. The van der Waals surface area contributed by atoms with Gasteiger partial charge in [-0.05, 0) is 44.7 Å². The topological polar surface area (TPSA) is 63.2 Å². The van der Waals surface area contributed by atoms with Crippen molar-refractivity contribution in [2.24, 2.45) is 17.8 Å². The number of carbonyl (C=O) groups is 3. The number of ketones is 2. The van der Waals surface area contributed by atoms with Crippen molar-refractivity contribution in [3.63, 3.8) is 0 Å². The maximum Gasteiger partial charge on any atom is 0.227 e. The molecule has 0 radical (unpaired) electrons. The Hall–Kier alpha value is -1.97. The Morgan fingerprint density at radius 1 is 1.14 bits per heavy atom. The molecule has 0 unspecified atom stereocenters. The fourth-order valence-electron chi connectivity index (χ4n) is 3.75. The molecule has 4 heteroatoms. The number of hydrogen-bond donors (Lipinski definition) is 1. The highest BCUT2D eigenvalue weighted by molar-refractivity contribution is 5.98. The van der Waals surface area contributed by atoms with Crippen LogP contribution in [-0.4, -0.2) is 17.5 Å². The average molecular weight is 299 g/mol. The minimum absolute atomic E-state index is 0.0195. The van der Waals surface area contributed by atoms with E-state index in [4.69, 9.17) is 0 Å². The van der Waals surface area contributed by atoms with Gasteiger partial charge in [-0.3, -0.25) is 14.4 Å². The molecule has 1 N–H and O–H groups in total. The predicted molar refractivity (Wildman–Crippen MR) is 83.6 cm³/mol. The van der Waals surface area contributed by atoms with Crippen LogP contribution in [0, 0.1) is 17.8 Å². The molecular formula is C18H21NO3. The maximum absolute atomic E-state index is 12.5. The Morgan fingerprint density at radius 2 is 1.82 bits per heavy atom. The quantitative estimate of drug-likeness (QED) is 0.872. The predicted octanol–water partition coefficient (Wildman–Crippen LogP) is 3.22. The minimum Gasteiger partial charge on any atom is -0.326 e. The number of benzene rings is 1. The van der Waals surface area contributed by atoms with Gasteiger partial charge in [-0.2, -0.15) is 0 Å². The highest BCUT2D eigenvalue weighted by atomic mass is 16.2. The Morgan fingerprint density at radius 3 is 2.45 bits per heavy atom. The second kappa shape index (κ2) is 6.03. The third-order valence-electron chi connectivity index (χ3n) is 4.96. The number of fused-ring (bicyclic) bond motifs is 2. The Kier molecular flexibility index (Phi) is 4.10. The lowest BCUT2D eigenvalue weighted by molar-refractivity contribution is -0.136. The largest absolute Gasteiger partial charge is 0.326 e. The van der Waals surface area contributed by atoms with E-state index in [1.165, 1.54) is 6.92 Å². The van der Waals surface area contributed by atoms with E-state index < -0.39 is 0 Å². The zero-order valence-electron chi connectivity index (χ0n) is 12.8. The van der Waals surface area contributed by atoms with E-state index in [-0.39, 0.29) is 29.4 Å². The van der Waals surface area contributed by atoms with E-state index in [0.717, 1.165) is 19.3 Å². The summed E-state index contributed by atoms with van der Waals surface area (Å²) in [5, 5.41) is 2.91. The standard InChI is InChI=1S/C18H21NO3/c1-11(20)12-4-3-7-16(10-12)19-18(22)15-8-13-5-2-6-14(9-15)17(13)21/h3-4,7,10,13-15H,2,5-6,8-9H2,1H3,(H,19,22)/t13-,14-/m0/s1. The van der Waals surface area contributed by atoms with E-state index in [0.29, 0.717) is 29.9 Å². The van der Waals surface area contributed by atoms with Gasteiger partial charge < -0.3 is 5.32 Å². The van der Waals surface area contributed by atoms with Gasteiger partial charge in [0, 0.05) is 29.0 Å². The molecule has 0 aromatic heterocycles. The molecule has 0 spiro atoms. The zero-order valence-corrected chi connectivity index (χ0v) is 12.8. The van der Waals surface area contributed by atoms with Gasteiger partial charge >= 0.3 is 0 Å². The fraction of sp³-hybridized carbons (Fsp3) is 0.500. The molecule has 2 saturated carbocycles. The third kappa shape index (κ3) is 2.96. The van der Waals surface area contributed by atoms with Gasteiger partial charge in [-0.1, -0.05) is 18.6 Å². The summed E-state index contributed by atoms with van der Waals surface area (Å²) in [4.78, 5) is 36.0. The molecule has 2 fully saturated rings. The SMILES string of the molecule is CC(=O)c1cccc(NC(=O)C2C[C@@H]3CCC[C@@H](C2)C3=O)c1. The molecule has 3 rings (SSSR count). The molecule has 1 amide bonds. The summed E-state index contributed by atoms with van der Waals surface area (Å²) in [6, 6.07) is 7.00. The first-order valence-electron chi connectivity index (χ1n) is 8.00. The molecule has 2 bridgehead atoms. The van der Waals surface area contributed by atoms with Crippen molar-refractivity contribution >= 4 is 23.2 Å². The number of hydrogen-bond acceptors (Lipinski definition) is 3. The lowest BCUT2D eigenvalue weighted by Crippen LogP contribution is -2.40. The van der Waals surface area contributed by atoms with Crippen molar-refractivity contribution in [3.05, 3.63) is 29.8 Å². The van der Waals surface area contributed by atoms with Crippen LogP contribution in [0.15, 0.2) is 24.3 Å². The molecule has 4 nitrogen and oxygen atoms in total. The number of rotatable bonds is 3. The Labute approximate surface area is 130 Å². The Balaban J connectivity index is 1.68. The summed E-state index contributed by atoms with van der Waals surface area (Å²) in [5.74, 6) is 0.389.